The number of anilines is 1. The van der Waals surface area contributed by atoms with Gasteiger partial charge in [-0.25, -0.2) is 9.59 Å². The first-order valence-corrected chi connectivity index (χ1v) is 9.15. The number of benzene rings is 1. The summed E-state index contributed by atoms with van der Waals surface area (Å²) in [4.78, 5) is 47.7. The summed E-state index contributed by atoms with van der Waals surface area (Å²) in [7, 11) is 0. The van der Waals surface area contributed by atoms with E-state index in [0.29, 0.717) is 24.4 Å². The van der Waals surface area contributed by atoms with Crippen LogP contribution in [0.2, 0.25) is 0 Å². The Labute approximate surface area is 155 Å². The number of thioether (sulfide) groups is 1. The summed E-state index contributed by atoms with van der Waals surface area (Å²) in [5, 5.41) is 7.33. The van der Waals surface area contributed by atoms with Gasteiger partial charge in [0.25, 0.3) is 5.91 Å². The highest BCUT2D eigenvalue weighted by molar-refractivity contribution is 7.99. The van der Waals surface area contributed by atoms with Gasteiger partial charge in [0, 0.05) is 23.6 Å². The maximum Gasteiger partial charge on any atom is 0.338 e. The topological polar surface area (TPSA) is 114 Å². The van der Waals surface area contributed by atoms with Crippen molar-refractivity contribution in [2.45, 2.75) is 25.2 Å². The van der Waals surface area contributed by atoms with Gasteiger partial charge in [-0.3, -0.25) is 14.9 Å². The maximum atomic E-state index is 12.1. The fourth-order valence-electron chi connectivity index (χ4n) is 2.07. The molecule has 0 aliphatic carbocycles. The molecular formula is C17H21N3O5S. The molecule has 0 radical (unpaired) electrons. The first-order chi connectivity index (χ1) is 12.3. The number of rotatable bonds is 5. The third-order valence-electron chi connectivity index (χ3n) is 3.33. The SMILES string of the molecule is CC(C)CNC(=O)NC(=O)COC(=O)c1ccc2c(c1)NC(=O)CCS2. The molecule has 0 atom stereocenters. The molecule has 4 amide bonds. The van der Waals surface area contributed by atoms with Gasteiger partial charge in [-0.2, -0.15) is 0 Å². The summed E-state index contributed by atoms with van der Waals surface area (Å²) in [5.41, 5.74) is 0.757. The monoisotopic (exact) mass is 379 g/mol. The molecule has 1 heterocycles. The molecule has 0 aromatic heterocycles. The lowest BCUT2D eigenvalue weighted by molar-refractivity contribution is -0.123. The first kappa shape index (κ1) is 19.8. The average Bonchev–Trinajstić information content (AvgIpc) is 2.77. The number of imide groups is 1. The molecule has 0 fully saturated rings. The molecule has 0 unspecified atom stereocenters. The van der Waals surface area contributed by atoms with Gasteiger partial charge in [0.1, 0.15) is 0 Å². The van der Waals surface area contributed by atoms with Crippen molar-refractivity contribution in [3.8, 4) is 0 Å². The van der Waals surface area contributed by atoms with E-state index < -0.39 is 24.5 Å². The molecular weight excluding hydrogens is 358 g/mol. The number of hydrogen-bond donors (Lipinski definition) is 3. The highest BCUT2D eigenvalue weighted by Gasteiger charge is 2.17. The summed E-state index contributed by atoms with van der Waals surface area (Å²) in [6.45, 7) is 3.70. The maximum absolute atomic E-state index is 12.1. The quantitative estimate of drug-likeness (QED) is 0.672. The second-order valence-electron chi connectivity index (χ2n) is 6.09. The van der Waals surface area contributed by atoms with Crippen molar-refractivity contribution >= 4 is 41.3 Å². The minimum atomic E-state index is -0.724. The molecule has 0 saturated heterocycles. The highest BCUT2D eigenvalue weighted by atomic mass is 32.2. The number of carbonyl (C=O) groups is 4. The van der Waals surface area contributed by atoms with Gasteiger partial charge in [-0.1, -0.05) is 13.8 Å². The van der Waals surface area contributed by atoms with Crippen LogP contribution in [0.15, 0.2) is 23.1 Å². The predicted octanol–water partition coefficient (Wildman–Crippen LogP) is 1.76. The van der Waals surface area contributed by atoms with Crippen LogP contribution in [0.25, 0.3) is 0 Å². The second-order valence-corrected chi connectivity index (χ2v) is 7.22. The molecule has 1 aromatic rings. The van der Waals surface area contributed by atoms with E-state index in [1.807, 2.05) is 13.8 Å². The summed E-state index contributed by atoms with van der Waals surface area (Å²) in [5.74, 6) is -0.636. The first-order valence-electron chi connectivity index (χ1n) is 8.16. The van der Waals surface area contributed by atoms with E-state index >= 15 is 0 Å². The zero-order valence-electron chi connectivity index (χ0n) is 14.6. The molecule has 0 bridgehead atoms. The van der Waals surface area contributed by atoms with Gasteiger partial charge < -0.3 is 15.4 Å². The van der Waals surface area contributed by atoms with E-state index in [1.54, 1.807) is 12.1 Å². The molecule has 1 aromatic carbocycles. The standard InChI is InChI=1S/C17H21N3O5S/c1-10(2)8-18-17(24)20-15(22)9-25-16(23)11-3-4-13-12(7-11)19-14(21)5-6-26-13/h3-4,7,10H,5-6,8-9H2,1-2H3,(H,19,21)(H2,18,20,22,24). The number of fused-ring (bicyclic) bond motifs is 1. The molecule has 1 aliphatic rings. The number of nitrogens with one attached hydrogen (secondary N) is 3. The molecule has 1 aliphatic heterocycles. The van der Waals surface area contributed by atoms with Crippen molar-refractivity contribution in [1.82, 2.24) is 10.6 Å². The summed E-state index contributed by atoms with van der Waals surface area (Å²) in [6, 6.07) is 4.17. The van der Waals surface area contributed by atoms with Crippen molar-refractivity contribution in [2.75, 3.05) is 24.2 Å². The van der Waals surface area contributed by atoms with Gasteiger partial charge in [0.05, 0.1) is 11.3 Å². The third kappa shape index (κ3) is 6.07. The molecule has 8 nitrogen and oxygen atoms in total. The number of ether oxygens (including phenoxy) is 1. The Morgan fingerprint density at radius 2 is 2.08 bits per heavy atom. The van der Waals surface area contributed by atoms with Crippen LogP contribution < -0.4 is 16.0 Å². The fourth-order valence-corrected chi connectivity index (χ4v) is 3.00. The van der Waals surface area contributed by atoms with Crippen LogP contribution in [0, 0.1) is 5.92 Å². The molecule has 0 saturated carbocycles. The largest absolute Gasteiger partial charge is 0.452 e. The lowest BCUT2D eigenvalue weighted by Crippen LogP contribution is -2.42. The van der Waals surface area contributed by atoms with Crippen molar-refractivity contribution in [2.24, 2.45) is 5.92 Å². The number of amides is 4. The Kier molecular flexibility index (Phi) is 7.02. The smallest absolute Gasteiger partial charge is 0.338 e. The number of esters is 1. The van der Waals surface area contributed by atoms with Crippen LogP contribution in [0.1, 0.15) is 30.6 Å². The van der Waals surface area contributed by atoms with Gasteiger partial charge >= 0.3 is 12.0 Å². The Morgan fingerprint density at radius 3 is 2.81 bits per heavy atom. The van der Waals surface area contributed by atoms with E-state index in [9.17, 15) is 19.2 Å². The number of hydrogen-bond acceptors (Lipinski definition) is 6. The van der Waals surface area contributed by atoms with Crippen molar-refractivity contribution < 1.29 is 23.9 Å². The van der Waals surface area contributed by atoms with Crippen molar-refractivity contribution in [3.05, 3.63) is 23.8 Å². The van der Waals surface area contributed by atoms with E-state index in [1.165, 1.54) is 17.8 Å². The van der Waals surface area contributed by atoms with Crippen LogP contribution >= 0.6 is 11.8 Å². The van der Waals surface area contributed by atoms with E-state index in [0.717, 1.165) is 4.90 Å². The van der Waals surface area contributed by atoms with E-state index in [2.05, 4.69) is 16.0 Å². The van der Waals surface area contributed by atoms with Crippen LogP contribution in [0.4, 0.5) is 10.5 Å². The Balaban J connectivity index is 1.87. The predicted molar refractivity (Wildman–Crippen MR) is 97.1 cm³/mol. The lowest BCUT2D eigenvalue weighted by Gasteiger charge is -2.10. The molecule has 26 heavy (non-hydrogen) atoms. The minimum Gasteiger partial charge on any atom is -0.452 e. The zero-order chi connectivity index (χ0) is 19.1. The Morgan fingerprint density at radius 1 is 1.31 bits per heavy atom. The molecule has 3 N–H and O–H groups in total. The van der Waals surface area contributed by atoms with Gasteiger partial charge in [-0.05, 0) is 24.1 Å². The molecule has 2 rings (SSSR count). The Hall–Kier alpha value is -2.55. The molecule has 9 heteroatoms. The number of urea groups is 1. The van der Waals surface area contributed by atoms with E-state index in [-0.39, 0.29) is 17.4 Å². The second kappa shape index (κ2) is 9.23. The molecule has 0 spiro atoms. The average molecular weight is 379 g/mol. The minimum absolute atomic E-state index is 0.117. The van der Waals surface area contributed by atoms with Crippen molar-refractivity contribution in [3.63, 3.8) is 0 Å². The van der Waals surface area contributed by atoms with Crippen LogP contribution in [0.3, 0.4) is 0 Å². The zero-order valence-corrected chi connectivity index (χ0v) is 15.4. The summed E-state index contributed by atoms with van der Waals surface area (Å²) < 4.78 is 4.91. The van der Waals surface area contributed by atoms with Crippen LogP contribution in [-0.4, -0.2) is 42.7 Å². The van der Waals surface area contributed by atoms with Crippen LogP contribution in [0.5, 0.6) is 0 Å². The summed E-state index contributed by atoms with van der Waals surface area (Å²) >= 11 is 1.52. The normalized spacial score (nSPS) is 13.3. The summed E-state index contributed by atoms with van der Waals surface area (Å²) in [6.07, 6.45) is 0.401. The third-order valence-corrected chi connectivity index (χ3v) is 4.41. The van der Waals surface area contributed by atoms with Gasteiger partial charge in [0.2, 0.25) is 5.91 Å². The fraction of sp³-hybridized carbons (Fsp3) is 0.412. The number of carbonyl (C=O) groups excluding carboxylic acids is 4. The Bertz CT molecular complexity index is 720. The van der Waals surface area contributed by atoms with Crippen molar-refractivity contribution in [1.29, 1.82) is 0 Å². The van der Waals surface area contributed by atoms with Gasteiger partial charge in [0.15, 0.2) is 6.61 Å². The molecule has 140 valence electrons. The van der Waals surface area contributed by atoms with Crippen LogP contribution in [-0.2, 0) is 14.3 Å². The lowest BCUT2D eigenvalue weighted by atomic mass is 10.2. The van der Waals surface area contributed by atoms with E-state index in [4.69, 9.17) is 4.74 Å². The highest BCUT2D eigenvalue weighted by Crippen LogP contribution is 2.31. The van der Waals surface area contributed by atoms with Gasteiger partial charge in [-0.15, -0.1) is 11.8 Å².